The van der Waals surface area contributed by atoms with Crippen molar-refractivity contribution >= 4 is 11.8 Å². The van der Waals surface area contributed by atoms with Crippen LogP contribution in [0.3, 0.4) is 0 Å². The zero-order chi connectivity index (χ0) is 10.8. The fraction of sp³-hybridized carbons (Fsp3) is 0.222. The number of rotatable bonds is 2. The topological polar surface area (TPSA) is 9.23 Å². The van der Waals surface area contributed by atoms with Gasteiger partial charge in [0.2, 0.25) is 0 Å². The molecule has 0 saturated carbocycles. The maximum atomic E-state index is 11.9. The van der Waals surface area contributed by atoms with Crippen molar-refractivity contribution in [2.75, 3.05) is 6.26 Å². The highest BCUT2D eigenvalue weighted by molar-refractivity contribution is 7.98. The van der Waals surface area contributed by atoms with Crippen LogP contribution in [0.25, 0.3) is 0 Å². The molecule has 1 nitrogen and oxygen atoms in total. The van der Waals surface area contributed by atoms with E-state index in [0.29, 0.717) is 10.5 Å². The third-order valence-corrected chi connectivity index (χ3v) is 2.12. The molecule has 0 bridgehead atoms. The van der Waals surface area contributed by atoms with Gasteiger partial charge in [0.1, 0.15) is 5.75 Å². The lowest BCUT2D eigenvalue weighted by Crippen LogP contribution is -2.17. The fourth-order valence-electron chi connectivity index (χ4n) is 0.941. The van der Waals surface area contributed by atoms with Crippen LogP contribution in [0.2, 0.25) is 0 Å². The summed E-state index contributed by atoms with van der Waals surface area (Å²) in [5.41, 5.74) is 0.496. The van der Waals surface area contributed by atoms with Crippen LogP contribution >= 0.6 is 11.8 Å². The van der Waals surface area contributed by atoms with Crippen molar-refractivity contribution in [2.45, 2.75) is 11.3 Å². The molecule has 0 aliphatic heterocycles. The molecule has 1 aromatic rings. The summed E-state index contributed by atoms with van der Waals surface area (Å²) in [7, 11) is 0. The largest absolute Gasteiger partial charge is 0.573 e. The Balaban J connectivity index is 2.92. The third kappa shape index (κ3) is 3.49. The first-order valence-corrected chi connectivity index (χ1v) is 4.90. The standard InChI is InChI=1S/C9H8F3OS/c1-6-3-7(13-9(10,11)12)5-8(4-6)14-2/h3-5H,1H2,2H3. The number of thioether (sulfide) groups is 1. The minimum absolute atomic E-state index is 0.227. The van der Waals surface area contributed by atoms with Gasteiger partial charge in [-0.1, -0.05) is 0 Å². The van der Waals surface area contributed by atoms with Crippen molar-refractivity contribution in [3.63, 3.8) is 0 Å². The highest BCUT2D eigenvalue weighted by atomic mass is 32.2. The van der Waals surface area contributed by atoms with Crippen LogP contribution in [0.1, 0.15) is 5.56 Å². The summed E-state index contributed by atoms with van der Waals surface area (Å²) >= 11 is 1.34. The van der Waals surface area contributed by atoms with Crippen LogP contribution in [-0.2, 0) is 0 Å². The molecule has 0 aliphatic carbocycles. The van der Waals surface area contributed by atoms with Crippen LogP contribution in [-0.4, -0.2) is 12.6 Å². The SMILES string of the molecule is [CH2]c1cc(OC(F)(F)F)cc(SC)c1. The summed E-state index contributed by atoms with van der Waals surface area (Å²) in [5, 5.41) is 0. The number of halogens is 3. The lowest BCUT2D eigenvalue weighted by molar-refractivity contribution is -0.274. The Bertz CT molecular complexity index is 322. The lowest BCUT2D eigenvalue weighted by Gasteiger charge is -2.10. The summed E-state index contributed by atoms with van der Waals surface area (Å²) < 4.78 is 39.3. The lowest BCUT2D eigenvalue weighted by atomic mass is 10.2. The van der Waals surface area contributed by atoms with E-state index >= 15 is 0 Å². The zero-order valence-corrected chi connectivity index (χ0v) is 8.21. The number of hydrogen-bond acceptors (Lipinski definition) is 2. The highest BCUT2D eigenvalue weighted by Crippen LogP contribution is 2.27. The quantitative estimate of drug-likeness (QED) is 0.707. The maximum absolute atomic E-state index is 11.9. The Morgan fingerprint density at radius 2 is 1.93 bits per heavy atom. The third-order valence-electron chi connectivity index (χ3n) is 1.41. The Kier molecular flexibility index (Phi) is 3.31. The van der Waals surface area contributed by atoms with E-state index in [2.05, 4.69) is 11.7 Å². The Morgan fingerprint density at radius 3 is 2.43 bits per heavy atom. The number of ether oxygens (including phenoxy) is 1. The van der Waals surface area contributed by atoms with Crippen molar-refractivity contribution in [3.05, 3.63) is 30.7 Å². The second-order valence-corrected chi connectivity index (χ2v) is 3.44. The van der Waals surface area contributed by atoms with Gasteiger partial charge in [0, 0.05) is 4.90 Å². The normalized spacial score (nSPS) is 11.5. The van der Waals surface area contributed by atoms with E-state index in [1.165, 1.54) is 23.9 Å². The number of hydrogen-bond donors (Lipinski definition) is 0. The van der Waals surface area contributed by atoms with Crippen molar-refractivity contribution in [2.24, 2.45) is 0 Å². The van der Waals surface area contributed by atoms with E-state index in [4.69, 9.17) is 0 Å². The van der Waals surface area contributed by atoms with Crippen LogP contribution in [0.4, 0.5) is 13.2 Å². The fourth-order valence-corrected chi connectivity index (χ4v) is 1.44. The van der Waals surface area contributed by atoms with Gasteiger partial charge >= 0.3 is 6.36 Å². The zero-order valence-electron chi connectivity index (χ0n) is 7.39. The van der Waals surface area contributed by atoms with Gasteiger partial charge in [-0.05, 0) is 36.9 Å². The van der Waals surface area contributed by atoms with Crippen LogP contribution in [0.5, 0.6) is 5.75 Å². The molecule has 0 aliphatic rings. The van der Waals surface area contributed by atoms with Crippen LogP contribution in [0.15, 0.2) is 23.1 Å². The van der Waals surface area contributed by atoms with Crippen molar-refractivity contribution in [3.8, 4) is 5.75 Å². The average molecular weight is 221 g/mol. The maximum Gasteiger partial charge on any atom is 0.573 e. The Morgan fingerprint density at radius 1 is 1.29 bits per heavy atom. The van der Waals surface area contributed by atoms with Gasteiger partial charge in [-0.2, -0.15) is 0 Å². The molecule has 77 valence electrons. The van der Waals surface area contributed by atoms with Gasteiger partial charge in [-0.3, -0.25) is 0 Å². The van der Waals surface area contributed by atoms with Gasteiger partial charge in [0.15, 0.2) is 0 Å². The molecule has 0 heterocycles. The summed E-state index contributed by atoms with van der Waals surface area (Å²) in [6.45, 7) is 3.56. The van der Waals surface area contributed by atoms with E-state index in [-0.39, 0.29) is 5.75 Å². The van der Waals surface area contributed by atoms with E-state index in [1.807, 2.05) is 0 Å². The van der Waals surface area contributed by atoms with Gasteiger partial charge in [0.05, 0.1) is 0 Å². The van der Waals surface area contributed by atoms with Gasteiger partial charge in [-0.25, -0.2) is 0 Å². The molecule has 0 fully saturated rings. The Hall–Kier alpha value is -0.840. The number of benzene rings is 1. The molecule has 0 saturated heterocycles. The van der Waals surface area contributed by atoms with Crippen molar-refractivity contribution in [1.82, 2.24) is 0 Å². The smallest absolute Gasteiger partial charge is 0.406 e. The average Bonchev–Trinajstić information content (AvgIpc) is 1.99. The summed E-state index contributed by atoms with van der Waals surface area (Å²) in [5.74, 6) is -0.227. The Labute approximate surface area is 84.3 Å². The molecular formula is C9H8F3OS. The van der Waals surface area contributed by atoms with Crippen molar-refractivity contribution < 1.29 is 17.9 Å². The molecule has 0 atom stereocenters. The first-order valence-electron chi connectivity index (χ1n) is 3.67. The molecule has 5 heteroatoms. The van der Waals surface area contributed by atoms with Crippen LogP contribution < -0.4 is 4.74 Å². The first kappa shape index (κ1) is 11.2. The van der Waals surface area contributed by atoms with Crippen LogP contribution in [0, 0.1) is 6.92 Å². The molecule has 14 heavy (non-hydrogen) atoms. The summed E-state index contributed by atoms with van der Waals surface area (Å²) in [6, 6.07) is 4.26. The highest BCUT2D eigenvalue weighted by Gasteiger charge is 2.31. The second kappa shape index (κ2) is 4.13. The number of alkyl halides is 3. The second-order valence-electron chi connectivity index (χ2n) is 2.56. The predicted molar refractivity (Wildman–Crippen MR) is 49.4 cm³/mol. The van der Waals surface area contributed by atoms with Gasteiger partial charge < -0.3 is 4.74 Å². The molecule has 1 rings (SSSR count). The molecule has 1 aromatic carbocycles. The predicted octanol–water partition coefficient (Wildman–Crippen LogP) is 3.49. The van der Waals surface area contributed by atoms with Crippen molar-refractivity contribution in [1.29, 1.82) is 0 Å². The van der Waals surface area contributed by atoms with E-state index in [9.17, 15) is 13.2 Å². The summed E-state index contributed by atoms with van der Waals surface area (Å²) in [6.07, 6.45) is -2.88. The minimum atomic E-state index is -4.65. The van der Waals surface area contributed by atoms with Gasteiger partial charge in [-0.15, -0.1) is 24.9 Å². The van der Waals surface area contributed by atoms with E-state index in [1.54, 1.807) is 12.3 Å². The molecule has 0 aromatic heterocycles. The first-order chi connectivity index (χ1) is 6.40. The molecule has 0 N–H and O–H groups in total. The molecular weight excluding hydrogens is 213 g/mol. The molecule has 1 radical (unpaired) electrons. The molecule has 0 unspecified atom stereocenters. The van der Waals surface area contributed by atoms with E-state index in [0.717, 1.165) is 0 Å². The molecule has 0 spiro atoms. The van der Waals surface area contributed by atoms with Gasteiger partial charge in [0.25, 0.3) is 0 Å². The molecule has 0 amide bonds. The minimum Gasteiger partial charge on any atom is -0.406 e. The summed E-state index contributed by atoms with van der Waals surface area (Å²) in [4.78, 5) is 0.691. The van der Waals surface area contributed by atoms with E-state index < -0.39 is 6.36 Å². The monoisotopic (exact) mass is 221 g/mol.